The van der Waals surface area contributed by atoms with E-state index in [1.54, 1.807) is 6.92 Å². The summed E-state index contributed by atoms with van der Waals surface area (Å²) >= 11 is 0. The Morgan fingerprint density at radius 2 is 1.87 bits per heavy atom. The van der Waals surface area contributed by atoms with Gasteiger partial charge >= 0.3 is 0 Å². The summed E-state index contributed by atoms with van der Waals surface area (Å²) in [7, 11) is 0. The maximum absolute atomic E-state index is 11.7. The van der Waals surface area contributed by atoms with Crippen molar-refractivity contribution in [2.24, 2.45) is 11.1 Å². The van der Waals surface area contributed by atoms with Gasteiger partial charge in [-0.05, 0) is 27.2 Å². The standard InChI is InChI=1S/C10H17N3O2/c1-5-10(4,6-11)8(15)13-9(2,3)7(12)14/h5H2,1-4H3,(H2,12,14)(H,13,15). The molecule has 0 spiro atoms. The van der Waals surface area contributed by atoms with Crippen LogP contribution in [0.4, 0.5) is 0 Å². The number of carbonyl (C=O) groups is 2. The average Bonchev–Trinajstić information content (AvgIpc) is 2.15. The van der Waals surface area contributed by atoms with Gasteiger partial charge in [0.05, 0.1) is 6.07 Å². The van der Waals surface area contributed by atoms with Crippen LogP contribution in [0.15, 0.2) is 0 Å². The largest absolute Gasteiger partial charge is 0.368 e. The molecule has 0 aliphatic rings. The van der Waals surface area contributed by atoms with Crippen molar-refractivity contribution < 1.29 is 9.59 Å². The summed E-state index contributed by atoms with van der Waals surface area (Å²) in [6, 6.07) is 1.93. The molecule has 0 radical (unpaired) electrons. The number of carbonyl (C=O) groups excluding carboxylic acids is 2. The lowest BCUT2D eigenvalue weighted by Crippen LogP contribution is -2.56. The van der Waals surface area contributed by atoms with Crippen molar-refractivity contribution in [2.75, 3.05) is 0 Å². The Labute approximate surface area is 89.6 Å². The molecular formula is C10H17N3O2. The molecule has 0 bridgehead atoms. The third-order valence-electron chi connectivity index (χ3n) is 2.50. The molecule has 0 aliphatic heterocycles. The smallest absolute Gasteiger partial charge is 0.242 e. The fourth-order valence-electron chi connectivity index (χ4n) is 0.774. The third-order valence-corrected chi connectivity index (χ3v) is 2.50. The molecule has 0 saturated carbocycles. The van der Waals surface area contributed by atoms with Crippen LogP contribution in [-0.2, 0) is 9.59 Å². The van der Waals surface area contributed by atoms with Gasteiger partial charge in [-0.25, -0.2) is 0 Å². The highest BCUT2D eigenvalue weighted by Crippen LogP contribution is 2.20. The molecule has 0 aromatic rings. The second kappa shape index (κ2) is 4.30. The van der Waals surface area contributed by atoms with E-state index in [9.17, 15) is 9.59 Å². The fraction of sp³-hybridized carbons (Fsp3) is 0.700. The molecule has 1 atom stereocenters. The van der Waals surface area contributed by atoms with E-state index in [-0.39, 0.29) is 0 Å². The molecular weight excluding hydrogens is 194 g/mol. The molecule has 0 aromatic carbocycles. The lowest BCUT2D eigenvalue weighted by molar-refractivity contribution is -0.134. The first-order valence-electron chi connectivity index (χ1n) is 4.73. The number of rotatable bonds is 4. The van der Waals surface area contributed by atoms with Gasteiger partial charge in [-0.15, -0.1) is 0 Å². The molecule has 5 nitrogen and oxygen atoms in total. The quantitative estimate of drug-likeness (QED) is 0.700. The molecule has 15 heavy (non-hydrogen) atoms. The number of amides is 2. The van der Waals surface area contributed by atoms with Crippen molar-refractivity contribution in [1.29, 1.82) is 5.26 Å². The Hall–Kier alpha value is -1.57. The number of hydrogen-bond donors (Lipinski definition) is 2. The number of nitrogens with one attached hydrogen (secondary N) is 1. The summed E-state index contributed by atoms with van der Waals surface area (Å²) in [5.74, 6) is -1.11. The average molecular weight is 211 g/mol. The molecule has 2 amide bonds. The minimum atomic E-state index is -1.13. The highest BCUT2D eigenvalue weighted by molar-refractivity contribution is 5.92. The van der Waals surface area contributed by atoms with Crippen molar-refractivity contribution >= 4 is 11.8 Å². The summed E-state index contributed by atoms with van der Waals surface area (Å²) in [5.41, 5.74) is 2.86. The third kappa shape index (κ3) is 2.94. The maximum atomic E-state index is 11.7. The molecule has 0 heterocycles. The van der Waals surface area contributed by atoms with Crippen LogP contribution in [0.5, 0.6) is 0 Å². The summed E-state index contributed by atoms with van der Waals surface area (Å²) in [6.45, 7) is 6.26. The number of nitrogens with zero attached hydrogens (tertiary/aromatic N) is 1. The summed E-state index contributed by atoms with van der Waals surface area (Å²) < 4.78 is 0. The second-order valence-electron chi connectivity index (χ2n) is 4.24. The molecule has 0 fully saturated rings. The van der Waals surface area contributed by atoms with Gasteiger partial charge in [-0.2, -0.15) is 5.26 Å². The Morgan fingerprint density at radius 3 is 2.13 bits per heavy atom. The SMILES string of the molecule is CCC(C)(C#N)C(=O)NC(C)(C)C(N)=O. The van der Waals surface area contributed by atoms with Gasteiger partial charge in [0.25, 0.3) is 0 Å². The minimum absolute atomic E-state index is 0.379. The van der Waals surface area contributed by atoms with Gasteiger partial charge in [-0.3, -0.25) is 9.59 Å². The predicted octanol–water partition coefficient (Wildman–Crippen LogP) is 0.306. The molecule has 3 N–H and O–H groups in total. The summed E-state index contributed by atoms with van der Waals surface area (Å²) in [5, 5.41) is 11.3. The lowest BCUT2D eigenvalue weighted by atomic mass is 9.87. The van der Waals surface area contributed by atoms with Gasteiger partial charge in [0.2, 0.25) is 11.8 Å². The summed E-state index contributed by atoms with van der Waals surface area (Å²) in [6.07, 6.45) is 0.379. The molecule has 1 unspecified atom stereocenters. The van der Waals surface area contributed by atoms with Crippen molar-refractivity contribution in [3.05, 3.63) is 0 Å². The van der Waals surface area contributed by atoms with Crippen LogP contribution in [0.1, 0.15) is 34.1 Å². The first-order chi connectivity index (χ1) is 6.69. The van der Waals surface area contributed by atoms with Crippen molar-refractivity contribution in [3.63, 3.8) is 0 Å². The van der Waals surface area contributed by atoms with Gasteiger partial charge in [0.15, 0.2) is 0 Å². The number of nitriles is 1. The Balaban J connectivity index is 4.79. The van der Waals surface area contributed by atoms with Crippen molar-refractivity contribution in [1.82, 2.24) is 5.32 Å². The van der Waals surface area contributed by atoms with Crippen LogP contribution in [0.3, 0.4) is 0 Å². The molecule has 0 aromatic heterocycles. The van der Waals surface area contributed by atoms with Crippen LogP contribution in [0.2, 0.25) is 0 Å². The van der Waals surface area contributed by atoms with E-state index in [0.717, 1.165) is 0 Å². The zero-order valence-electron chi connectivity index (χ0n) is 9.55. The molecule has 0 saturated heterocycles. The first kappa shape index (κ1) is 13.4. The van der Waals surface area contributed by atoms with Gasteiger partial charge in [0.1, 0.15) is 11.0 Å². The zero-order chi connectivity index (χ0) is 12.3. The minimum Gasteiger partial charge on any atom is -0.368 e. The van der Waals surface area contributed by atoms with E-state index in [4.69, 9.17) is 11.0 Å². The topological polar surface area (TPSA) is 96.0 Å². The Bertz CT molecular complexity index is 317. The van der Waals surface area contributed by atoms with Crippen molar-refractivity contribution in [2.45, 2.75) is 39.7 Å². The Kier molecular flexibility index (Phi) is 3.85. The van der Waals surface area contributed by atoms with E-state index in [2.05, 4.69) is 5.32 Å². The monoisotopic (exact) mass is 211 g/mol. The van der Waals surface area contributed by atoms with E-state index in [1.807, 2.05) is 6.07 Å². The Morgan fingerprint density at radius 1 is 1.40 bits per heavy atom. The highest BCUT2D eigenvalue weighted by Gasteiger charge is 2.36. The second-order valence-corrected chi connectivity index (χ2v) is 4.24. The van der Waals surface area contributed by atoms with Gasteiger partial charge < -0.3 is 11.1 Å². The van der Waals surface area contributed by atoms with Gasteiger partial charge in [-0.1, -0.05) is 6.92 Å². The normalized spacial score (nSPS) is 14.9. The van der Waals surface area contributed by atoms with Crippen molar-refractivity contribution in [3.8, 4) is 6.07 Å². The highest BCUT2D eigenvalue weighted by atomic mass is 16.2. The van der Waals surface area contributed by atoms with E-state index in [0.29, 0.717) is 6.42 Å². The number of primary amides is 1. The molecule has 0 aliphatic carbocycles. The molecule has 0 rings (SSSR count). The van der Waals surface area contributed by atoms with E-state index < -0.39 is 22.8 Å². The predicted molar refractivity (Wildman–Crippen MR) is 55.4 cm³/mol. The van der Waals surface area contributed by atoms with Crippen LogP contribution in [0.25, 0.3) is 0 Å². The van der Waals surface area contributed by atoms with Crippen LogP contribution >= 0.6 is 0 Å². The maximum Gasteiger partial charge on any atom is 0.242 e. The van der Waals surface area contributed by atoms with E-state index in [1.165, 1.54) is 20.8 Å². The lowest BCUT2D eigenvalue weighted by Gasteiger charge is -2.27. The zero-order valence-corrected chi connectivity index (χ0v) is 9.55. The fourth-order valence-corrected chi connectivity index (χ4v) is 0.774. The summed E-state index contributed by atoms with van der Waals surface area (Å²) in [4.78, 5) is 22.7. The van der Waals surface area contributed by atoms with Crippen LogP contribution in [-0.4, -0.2) is 17.4 Å². The van der Waals surface area contributed by atoms with Crippen LogP contribution < -0.4 is 11.1 Å². The van der Waals surface area contributed by atoms with Crippen LogP contribution in [0, 0.1) is 16.7 Å². The van der Waals surface area contributed by atoms with Gasteiger partial charge in [0, 0.05) is 0 Å². The molecule has 5 heteroatoms. The number of hydrogen-bond acceptors (Lipinski definition) is 3. The van der Waals surface area contributed by atoms with E-state index >= 15 is 0 Å². The molecule has 84 valence electrons. The first-order valence-corrected chi connectivity index (χ1v) is 4.73. The number of nitrogens with two attached hydrogens (primary N) is 1.